The van der Waals surface area contributed by atoms with E-state index in [1.165, 1.54) is 0 Å². The zero-order valence-corrected chi connectivity index (χ0v) is 8.33. The van der Waals surface area contributed by atoms with Gasteiger partial charge in [-0.3, -0.25) is 0 Å². The van der Waals surface area contributed by atoms with E-state index >= 15 is 0 Å². The van der Waals surface area contributed by atoms with Gasteiger partial charge in [-0.1, -0.05) is 6.42 Å². The summed E-state index contributed by atoms with van der Waals surface area (Å²) < 4.78 is 0. The highest BCUT2D eigenvalue weighted by molar-refractivity contribution is 5.85. The highest BCUT2D eigenvalue weighted by Crippen LogP contribution is 1.95. The van der Waals surface area contributed by atoms with Crippen LogP contribution in [0.15, 0.2) is 0 Å². The molecule has 0 aliphatic carbocycles. The summed E-state index contributed by atoms with van der Waals surface area (Å²) in [6.45, 7) is 0.583. The van der Waals surface area contributed by atoms with Gasteiger partial charge in [0.15, 0.2) is 0 Å². The molecule has 1 atom stereocenters. The number of nitrogens with two attached hydrogens (primary N) is 2. The second kappa shape index (κ2) is 11.0. The number of carboxylic acid groups (broad SMARTS) is 1. The molecule has 76 valence electrons. The SMILES string of the molecule is Cl.Cl.NCCCCC(N)C(=O)[O-]. The van der Waals surface area contributed by atoms with E-state index < -0.39 is 12.0 Å². The molecule has 4 N–H and O–H groups in total. The standard InChI is InChI=1S/C6H14N2O2.2ClH/c7-4-2-1-3-5(8)6(9)10;;/h5H,1-4,7-8H2,(H,9,10);2*1H/p-1. The molecule has 6 heteroatoms. The van der Waals surface area contributed by atoms with Crippen molar-refractivity contribution in [1.82, 2.24) is 0 Å². The smallest absolute Gasteiger partial charge is 0.0582 e. The third-order valence-electron chi connectivity index (χ3n) is 1.27. The first-order chi connectivity index (χ1) is 4.68. The van der Waals surface area contributed by atoms with Crippen molar-refractivity contribution in [3.63, 3.8) is 0 Å². The summed E-state index contributed by atoms with van der Waals surface area (Å²) in [6.07, 6.45) is 2.03. The van der Waals surface area contributed by atoms with Gasteiger partial charge in [-0.05, 0) is 19.4 Å². The number of unbranched alkanes of at least 4 members (excludes halogenated alkanes) is 1. The Kier molecular flexibility index (Phi) is 16.4. The highest BCUT2D eigenvalue weighted by atomic mass is 35.5. The maximum atomic E-state index is 10.0. The predicted octanol–water partition coefficient (Wildman–Crippen LogP) is -0.964. The van der Waals surface area contributed by atoms with E-state index in [0.717, 1.165) is 12.8 Å². The third-order valence-corrected chi connectivity index (χ3v) is 1.27. The molecule has 1 unspecified atom stereocenters. The number of carboxylic acids is 1. The molecule has 0 radical (unpaired) electrons. The van der Waals surface area contributed by atoms with Crippen molar-refractivity contribution in [2.45, 2.75) is 25.3 Å². The van der Waals surface area contributed by atoms with Crippen molar-refractivity contribution in [3.8, 4) is 0 Å². The molecule has 12 heavy (non-hydrogen) atoms. The Balaban J connectivity index is -0.000000405. The number of hydrogen-bond acceptors (Lipinski definition) is 4. The summed E-state index contributed by atoms with van der Waals surface area (Å²) in [5, 5.41) is 10.0. The Morgan fingerprint density at radius 2 is 1.83 bits per heavy atom. The van der Waals surface area contributed by atoms with Crippen LogP contribution in [0.4, 0.5) is 0 Å². The Morgan fingerprint density at radius 3 is 2.17 bits per heavy atom. The maximum absolute atomic E-state index is 10.0. The van der Waals surface area contributed by atoms with Crippen LogP contribution >= 0.6 is 24.8 Å². The van der Waals surface area contributed by atoms with Gasteiger partial charge in [-0.2, -0.15) is 0 Å². The minimum Gasteiger partial charge on any atom is -0.548 e. The lowest BCUT2D eigenvalue weighted by Gasteiger charge is -2.10. The van der Waals surface area contributed by atoms with E-state index in [4.69, 9.17) is 11.5 Å². The molecule has 4 nitrogen and oxygen atoms in total. The molecule has 0 aromatic heterocycles. The monoisotopic (exact) mass is 217 g/mol. The second-order valence-corrected chi connectivity index (χ2v) is 2.21. The van der Waals surface area contributed by atoms with E-state index in [2.05, 4.69) is 0 Å². The first kappa shape index (κ1) is 17.9. The Bertz CT molecular complexity index is 114. The summed E-state index contributed by atoms with van der Waals surface area (Å²) in [5.74, 6) is -1.18. The largest absolute Gasteiger partial charge is 0.548 e. The highest BCUT2D eigenvalue weighted by Gasteiger charge is 2.00. The normalized spacial score (nSPS) is 10.8. The minimum absolute atomic E-state index is 0. The predicted molar refractivity (Wildman–Crippen MR) is 50.4 cm³/mol. The summed E-state index contributed by atoms with van der Waals surface area (Å²) in [7, 11) is 0. The summed E-state index contributed by atoms with van der Waals surface area (Å²) in [6, 6.07) is -0.827. The fourth-order valence-electron chi connectivity index (χ4n) is 0.626. The van der Waals surface area contributed by atoms with Gasteiger partial charge in [0.1, 0.15) is 0 Å². The van der Waals surface area contributed by atoms with Crippen molar-refractivity contribution in [2.75, 3.05) is 6.54 Å². The van der Waals surface area contributed by atoms with Crippen LogP contribution in [0, 0.1) is 0 Å². The quantitative estimate of drug-likeness (QED) is 0.581. The van der Waals surface area contributed by atoms with Crippen molar-refractivity contribution in [2.24, 2.45) is 11.5 Å². The molecule has 0 rings (SSSR count). The molecule has 0 bridgehead atoms. The molecule has 0 amide bonds. The van der Waals surface area contributed by atoms with Gasteiger partial charge in [0.25, 0.3) is 0 Å². The van der Waals surface area contributed by atoms with Crippen LogP contribution in [-0.4, -0.2) is 18.6 Å². The molecular formula is C6H15Cl2N2O2-. The number of carbonyl (C=O) groups is 1. The third kappa shape index (κ3) is 9.97. The fraction of sp³-hybridized carbons (Fsp3) is 0.833. The number of halogens is 2. The van der Waals surface area contributed by atoms with Crippen molar-refractivity contribution < 1.29 is 9.90 Å². The molecule has 0 saturated carbocycles. The van der Waals surface area contributed by atoms with Crippen molar-refractivity contribution >= 4 is 30.8 Å². The molecule has 0 aliphatic rings. The fourth-order valence-corrected chi connectivity index (χ4v) is 0.626. The van der Waals surface area contributed by atoms with Crippen LogP contribution in [0.2, 0.25) is 0 Å². The van der Waals surface area contributed by atoms with Gasteiger partial charge in [-0.25, -0.2) is 0 Å². The second-order valence-electron chi connectivity index (χ2n) is 2.21. The number of rotatable bonds is 5. The van der Waals surface area contributed by atoms with Gasteiger partial charge in [-0.15, -0.1) is 24.8 Å². The van der Waals surface area contributed by atoms with E-state index in [1.807, 2.05) is 0 Å². The lowest BCUT2D eigenvalue weighted by molar-refractivity contribution is -0.307. The van der Waals surface area contributed by atoms with E-state index in [9.17, 15) is 9.90 Å². The number of hydrogen-bond donors (Lipinski definition) is 2. The molecule has 0 fully saturated rings. The van der Waals surface area contributed by atoms with E-state index in [-0.39, 0.29) is 24.8 Å². The van der Waals surface area contributed by atoms with Gasteiger partial charge in [0.2, 0.25) is 0 Å². The molecule has 0 saturated heterocycles. The van der Waals surface area contributed by atoms with Crippen LogP contribution in [-0.2, 0) is 4.79 Å². The summed E-state index contributed by atoms with van der Waals surface area (Å²) in [5.41, 5.74) is 10.3. The number of carbonyl (C=O) groups excluding carboxylic acids is 1. The Morgan fingerprint density at radius 1 is 1.33 bits per heavy atom. The van der Waals surface area contributed by atoms with E-state index in [0.29, 0.717) is 13.0 Å². The van der Waals surface area contributed by atoms with Crippen LogP contribution in [0.5, 0.6) is 0 Å². The Hall–Kier alpha value is -0.0300. The maximum Gasteiger partial charge on any atom is 0.0582 e. The van der Waals surface area contributed by atoms with Crippen molar-refractivity contribution in [1.29, 1.82) is 0 Å². The van der Waals surface area contributed by atoms with Gasteiger partial charge >= 0.3 is 0 Å². The molecule has 0 heterocycles. The average Bonchev–Trinajstić information content (AvgIpc) is 1.88. The topological polar surface area (TPSA) is 92.2 Å². The molecule has 0 aliphatic heterocycles. The summed E-state index contributed by atoms with van der Waals surface area (Å²) >= 11 is 0. The van der Waals surface area contributed by atoms with Crippen LogP contribution in [0.25, 0.3) is 0 Å². The lowest BCUT2D eigenvalue weighted by Crippen LogP contribution is -2.41. The van der Waals surface area contributed by atoms with Gasteiger partial charge in [0, 0.05) is 6.04 Å². The molecular weight excluding hydrogens is 203 g/mol. The molecule has 0 aromatic carbocycles. The first-order valence-corrected chi connectivity index (χ1v) is 3.35. The van der Waals surface area contributed by atoms with Gasteiger partial charge in [0.05, 0.1) is 5.97 Å². The van der Waals surface area contributed by atoms with E-state index in [1.54, 1.807) is 0 Å². The average molecular weight is 218 g/mol. The van der Waals surface area contributed by atoms with Crippen LogP contribution in [0.3, 0.4) is 0 Å². The molecule has 0 spiro atoms. The minimum atomic E-state index is -1.18. The Labute approximate surface area is 84.5 Å². The zero-order chi connectivity index (χ0) is 7.98. The number of aliphatic carboxylic acids is 1. The van der Waals surface area contributed by atoms with Crippen molar-refractivity contribution in [3.05, 3.63) is 0 Å². The van der Waals surface area contributed by atoms with Crippen LogP contribution < -0.4 is 16.6 Å². The lowest BCUT2D eigenvalue weighted by atomic mass is 10.1. The molecule has 0 aromatic rings. The summed E-state index contributed by atoms with van der Waals surface area (Å²) in [4.78, 5) is 10.0. The van der Waals surface area contributed by atoms with Gasteiger partial charge < -0.3 is 21.4 Å². The zero-order valence-electron chi connectivity index (χ0n) is 6.69. The van der Waals surface area contributed by atoms with Crippen LogP contribution in [0.1, 0.15) is 19.3 Å². The first-order valence-electron chi connectivity index (χ1n) is 3.35.